The molecule has 0 spiro atoms. The summed E-state index contributed by atoms with van der Waals surface area (Å²) in [5, 5.41) is 9.63. The fraction of sp³-hybridized carbons (Fsp3) is 0.217. The van der Waals surface area contributed by atoms with Gasteiger partial charge in [-0.05, 0) is 35.4 Å². The van der Waals surface area contributed by atoms with Crippen molar-refractivity contribution in [1.29, 1.82) is 5.26 Å². The Morgan fingerprint density at radius 2 is 1.79 bits per heavy atom. The van der Waals surface area contributed by atoms with Gasteiger partial charge in [0.25, 0.3) is 0 Å². The maximum Gasteiger partial charge on any atom is 0.233 e. The molecule has 0 aliphatic heterocycles. The number of thioether (sulfide) groups is 1. The number of hydrogen-bond donors (Lipinski definition) is 0. The predicted octanol–water partition coefficient (Wildman–Crippen LogP) is 5.70. The Kier molecular flexibility index (Phi) is 7.80. The van der Waals surface area contributed by atoms with Crippen LogP contribution in [0.2, 0.25) is 5.02 Å². The van der Waals surface area contributed by atoms with Crippen LogP contribution in [-0.4, -0.2) is 23.1 Å². The molecule has 3 aromatic rings. The first-order valence-electron chi connectivity index (χ1n) is 9.26. The van der Waals surface area contributed by atoms with E-state index in [1.807, 2.05) is 48.5 Å². The second-order valence-corrected chi connectivity index (χ2v) is 7.99. The third-order valence-corrected chi connectivity index (χ3v) is 5.96. The van der Waals surface area contributed by atoms with Crippen molar-refractivity contribution in [3.8, 4) is 6.07 Å². The fourth-order valence-electron chi connectivity index (χ4n) is 2.96. The normalized spacial score (nSPS) is 11.6. The number of amides is 1. The highest BCUT2D eigenvalue weighted by molar-refractivity contribution is 8.00. The van der Waals surface area contributed by atoms with E-state index in [2.05, 4.69) is 18.2 Å². The van der Waals surface area contributed by atoms with Crippen LogP contribution in [0.3, 0.4) is 0 Å². The zero-order valence-corrected chi connectivity index (χ0v) is 17.4. The number of halogens is 1. The quantitative estimate of drug-likeness (QED) is 0.442. The first-order chi connectivity index (χ1) is 14.2. The topological polar surface area (TPSA) is 57.2 Å². The van der Waals surface area contributed by atoms with Gasteiger partial charge in [0, 0.05) is 11.6 Å². The van der Waals surface area contributed by atoms with Crippen LogP contribution in [-0.2, 0) is 11.3 Å². The number of nitriles is 1. The zero-order valence-electron chi connectivity index (χ0n) is 15.8. The van der Waals surface area contributed by atoms with Gasteiger partial charge in [-0.3, -0.25) is 4.79 Å². The summed E-state index contributed by atoms with van der Waals surface area (Å²) in [6.07, 6.45) is 1.87. The Morgan fingerprint density at radius 3 is 2.45 bits per heavy atom. The molecule has 1 heterocycles. The largest absolute Gasteiger partial charge is 0.467 e. The van der Waals surface area contributed by atoms with Crippen LogP contribution in [0.1, 0.15) is 28.6 Å². The summed E-state index contributed by atoms with van der Waals surface area (Å²) in [4.78, 5) is 14.6. The van der Waals surface area contributed by atoms with Gasteiger partial charge in [-0.25, -0.2) is 0 Å². The SMILES string of the molecule is N#CCCN(Cc1ccco1)C(=O)CSC(c1ccccc1)c1ccc(Cl)cc1. The predicted molar refractivity (Wildman–Crippen MR) is 117 cm³/mol. The highest BCUT2D eigenvalue weighted by atomic mass is 35.5. The standard InChI is InChI=1S/C23H21ClN2O2S/c24-20-11-9-19(10-12-20)23(18-6-2-1-3-7-18)29-17-22(27)26(14-5-13-25)16-21-8-4-15-28-21/h1-4,6-12,15,23H,5,14,16-17H2. The smallest absolute Gasteiger partial charge is 0.233 e. The molecule has 0 aliphatic carbocycles. The molecule has 4 nitrogen and oxygen atoms in total. The Morgan fingerprint density at radius 1 is 1.07 bits per heavy atom. The molecule has 0 fully saturated rings. The van der Waals surface area contributed by atoms with E-state index in [4.69, 9.17) is 21.3 Å². The third kappa shape index (κ3) is 6.15. The summed E-state index contributed by atoms with van der Waals surface area (Å²) in [5.41, 5.74) is 2.22. The Balaban J connectivity index is 1.73. The van der Waals surface area contributed by atoms with Crippen molar-refractivity contribution in [2.75, 3.05) is 12.3 Å². The van der Waals surface area contributed by atoms with Gasteiger partial charge >= 0.3 is 0 Å². The van der Waals surface area contributed by atoms with Crippen molar-refractivity contribution in [2.45, 2.75) is 18.2 Å². The summed E-state index contributed by atoms with van der Waals surface area (Å²) in [7, 11) is 0. The van der Waals surface area contributed by atoms with E-state index in [0.29, 0.717) is 29.6 Å². The number of nitrogens with zero attached hydrogens (tertiary/aromatic N) is 2. The minimum Gasteiger partial charge on any atom is -0.467 e. The van der Waals surface area contributed by atoms with Gasteiger partial charge < -0.3 is 9.32 Å². The molecule has 0 aliphatic rings. The van der Waals surface area contributed by atoms with Gasteiger partial charge in [0.15, 0.2) is 0 Å². The highest BCUT2D eigenvalue weighted by Gasteiger charge is 2.20. The van der Waals surface area contributed by atoms with Crippen LogP contribution in [0, 0.1) is 11.3 Å². The van der Waals surface area contributed by atoms with Crippen LogP contribution < -0.4 is 0 Å². The van der Waals surface area contributed by atoms with Crippen molar-refractivity contribution < 1.29 is 9.21 Å². The van der Waals surface area contributed by atoms with E-state index in [-0.39, 0.29) is 17.6 Å². The van der Waals surface area contributed by atoms with Gasteiger partial charge in [-0.15, -0.1) is 11.8 Å². The van der Waals surface area contributed by atoms with Gasteiger partial charge in [-0.2, -0.15) is 5.26 Å². The molecule has 3 rings (SSSR count). The minimum atomic E-state index is -0.0171. The van der Waals surface area contributed by atoms with Crippen LogP contribution in [0.4, 0.5) is 0 Å². The summed E-state index contributed by atoms with van der Waals surface area (Å²) in [6, 6.07) is 23.6. The molecule has 2 aromatic carbocycles. The van der Waals surface area contributed by atoms with E-state index >= 15 is 0 Å². The maximum absolute atomic E-state index is 12.9. The van der Waals surface area contributed by atoms with Crippen molar-refractivity contribution in [3.63, 3.8) is 0 Å². The Labute approximate surface area is 180 Å². The van der Waals surface area contributed by atoms with E-state index < -0.39 is 0 Å². The molecule has 6 heteroatoms. The molecule has 1 unspecified atom stereocenters. The Bertz CT molecular complexity index is 937. The molecule has 1 amide bonds. The zero-order chi connectivity index (χ0) is 20.5. The van der Waals surface area contributed by atoms with Crippen LogP contribution in [0.5, 0.6) is 0 Å². The molecule has 0 radical (unpaired) electrons. The van der Waals surface area contributed by atoms with Crippen LogP contribution in [0.15, 0.2) is 77.4 Å². The Hall–Kier alpha value is -2.68. The van der Waals surface area contributed by atoms with E-state index in [1.165, 1.54) is 0 Å². The molecule has 1 aromatic heterocycles. The van der Waals surface area contributed by atoms with Crippen molar-refractivity contribution in [3.05, 3.63) is 94.9 Å². The average Bonchev–Trinajstić information content (AvgIpc) is 3.26. The van der Waals surface area contributed by atoms with Gasteiger partial charge in [0.2, 0.25) is 5.91 Å². The maximum atomic E-state index is 12.9. The molecule has 1 atom stereocenters. The lowest BCUT2D eigenvalue weighted by molar-refractivity contribution is -0.129. The molecule has 0 saturated heterocycles. The second kappa shape index (κ2) is 10.8. The third-order valence-electron chi connectivity index (χ3n) is 4.42. The number of benzene rings is 2. The summed E-state index contributed by atoms with van der Waals surface area (Å²) < 4.78 is 5.37. The van der Waals surface area contributed by atoms with Crippen LogP contribution >= 0.6 is 23.4 Å². The van der Waals surface area contributed by atoms with Crippen molar-refractivity contribution in [2.24, 2.45) is 0 Å². The number of carbonyl (C=O) groups excluding carboxylic acids is 1. The van der Waals surface area contributed by atoms with E-state index in [1.54, 1.807) is 29.0 Å². The summed E-state index contributed by atoms with van der Waals surface area (Å²) in [5.74, 6) is 0.990. The second-order valence-electron chi connectivity index (χ2n) is 6.46. The van der Waals surface area contributed by atoms with Gasteiger partial charge in [0.05, 0.1) is 36.3 Å². The molecular formula is C23H21ClN2O2S. The lowest BCUT2D eigenvalue weighted by Crippen LogP contribution is -2.33. The van der Waals surface area contributed by atoms with E-state index in [9.17, 15) is 4.79 Å². The molecule has 0 saturated carbocycles. The van der Waals surface area contributed by atoms with Gasteiger partial charge in [-0.1, -0.05) is 54.1 Å². The highest BCUT2D eigenvalue weighted by Crippen LogP contribution is 2.36. The molecule has 0 N–H and O–H groups in total. The molecular weight excluding hydrogens is 404 g/mol. The first-order valence-corrected chi connectivity index (χ1v) is 10.7. The fourth-order valence-corrected chi connectivity index (χ4v) is 4.28. The van der Waals surface area contributed by atoms with E-state index in [0.717, 1.165) is 11.1 Å². The van der Waals surface area contributed by atoms with Crippen molar-refractivity contribution >= 4 is 29.3 Å². The lowest BCUT2D eigenvalue weighted by atomic mass is 10.0. The summed E-state index contributed by atoms with van der Waals surface area (Å²) in [6.45, 7) is 0.749. The van der Waals surface area contributed by atoms with Crippen molar-refractivity contribution in [1.82, 2.24) is 4.90 Å². The number of carbonyl (C=O) groups is 1. The number of furan rings is 1. The lowest BCUT2D eigenvalue weighted by Gasteiger charge is -2.23. The minimum absolute atomic E-state index is 0.0128. The number of rotatable bonds is 9. The van der Waals surface area contributed by atoms with Crippen LogP contribution in [0.25, 0.3) is 0 Å². The number of hydrogen-bond acceptors (Lipinski definition) is 4. The van der Waals surface area contributed by atoms with Gasteiger partial charge in [0.1, 0.15) is 5.76 Å². The summed E-state index contributed by atoms with van der Waals surface area (Å²) >= 11 is 7.61. The molecule has 148 valence electrons. The average molecular weight is 425 g/mol. The monoisotopic (exact) mass is 424 g/mol. The molecule has 0 bridgehead atoms. The first kappa shape index (κ1) is 21.0. The molecule has 29 heavy (non-hydrogen) atoms.